The minimum atomic E-state index is -0.154. The lowest BCUT2D eigenvalue weighted by Crippen LogP contribution is -2.35. The minimum absolute atomic E-state index is 0. The van der Waals surface area contributed by atoms with Gasteiger partial charge in [0.05, 0.1) is 6.04 Å². The first kappa shape index (κ1) is 21.3. The Morgan fingerprint density at radius 2 is 2.09 bits per heavy atom. The molecular formula is C14H21Cl2IN4O. The fourth-order valence-corrected chi connectivity index (χ4v) is 2.25. The number of halogens is 3. The summed E-state index contributed by atoms with van der Waals surface area (Å²) < 4.78 is 0. The Hall–Kier alpha value is -0.730. The van der Waals surface area contributed by atoms with E-state index >= 15 is 0 Å². The number of hydrogen-bond donors (Lipinski definition) is 3. The summed E-state index contributed by atoms with van der Waals surface area (Å²) in [7, 11) is 0. The maximum atomic E-state index is 11.4. The smallest absolute Gasteiger partial charge is 0.241 e. The largest absolute Gasteiger partial charge is 0.370 e. The highest BCUT2D eigenvalue weighted by molar-refractivity contribution is 14.0. The van der Waals surface area contributed by atoms with Crippen molar-refractivity contribution in [2.24, 2.45) is 10.7 Å². The summed E-state index contributed by atoms with van der Waals surface area (Å²) in [5.74, 6) is 0.0407. The van der Waals surface area contributed by atoms with E-state index in [9.17, 15) is 4.79 Å². The van der Waals surface area contributed by atoms with Gasteiger partial charge in [-0.2, -0.15) is 0 Å². The van der Waals surface area contributed by atoms with E-state index < -0.39 is 0 Å². The predicted molar refractivity (Wildman–Crippen MR) is 103 cm³/mol. The van der Waals surface area contributed by atoms with E-state index in [0.29, 0.717) is 16.6 Å². The van der Waals surface area contributed by atoms with Crippen molar-refractivity contribution < 1.29 is 4.79 Å². The molecule has 0 saturated carbocycles. The van der Waals surface area contributed by atoms with Gasteiger partial charge in [-0.05, 0) is 31.0 Å². The molecule has 0 saturated heterocycles. The minimum Gasteiger partial charge on any atom is -0.370 e. The number of amides is 1. The van der Waals surface area contributed by atoms with Crippen LogP contribution < -0.4 is 16.4 Å². The third-order valence-electron chi connectivity index (χ3n) is 2.76. The highest BCUT2D eigenvalue weighted by atomic mass is 127. The van der Waals surface area contributed by atoms with E-state index in [1.807, 2.05) is 19.9 Å². The third-order valence-corrected chi connectivity index (χ3v) is 3.32. The fourth-order valence-electron chi connectivity index (χ4n) is 1.68. The molecule has 124 valence electrons. The monoisotopic (exact) mass is 458 g/mol. The summed E-state index contributed by atoms with van der Waals surface area (Å²) in [6.07, 6.45) is 0.884. The molecule has 0 aliphatic rings. The SMILES string of the molecule is CCCNC(=O)CN=C(N)NC(C)c1ccc(Cl)cc1Cl.I. The molecule has 5 nitrogen and oxygen atoms in total. The molecule has 0 aliphatic heterocycles. The van der Waals surface area contributed by atoms with Crippen LogP contribution in [0, 0.1) is 0 Å². The van der Waals surface area contributed by atoms with Gasteiger partial charge in [0.1, 0.15) is 6.54 Å². The molecule has 1 amide bonds. The predicted octanol–water partition coefficient (Wildman–Crippen LogP) is 3.10. The second-order valence-electron chi connectivity index (χ2n) is 4.58. The van der Waals surface area contributed by atoms with Gasteiger partial charge in [0.25, 0.3) is 0 Å². The lowest BCUT2D eigenvalue weighted by Gasteiger charge is -2.16. The number of hydrogen-bond acceptors (Lipinski definition) is 2. The molecule has 0 bridgehead atoms. The average Bonchev–Trinajstić information content (AvgIpc) is 2.42. The van der Waals surface area contributed by atoms with Gasteiger partial charge in [0, 0.05) is 16.6 Å². The van der Waals surface area contributed by atoms with E-state index in [-0.39, 0.29) is 48.4 Å². The van der Waals surface area contributed by atoms with Crippen LogP contribution in [0.25, 0.3) is 0 Å². The molecule has 1 atom stereocenters. The van der Waals surface area contributed by atoms with E-state index in [0.717, 1.165) is 12.0 Å². The normalized spacial score (nSPS) is 12.3. The summed E-state index contributed by atoms with van der Waals surface area (Å²) in [4.78, 5) is 15.4. The van der Waals surface area contributed by atoms with Crippen molar-refractivity contribution in [3.8, 4) is 0 Å². The van der Waals surface area contributed by atoms with Gasteiger partial charge in [-0.1, -0.05) is 36.2 Å². The molecule has 1 aromatic carbocycles. The number of benzene rings is 1. The van der Waals surface area contributed by atoms with E-state index in [1.54, 1.807) is 12.1 Å². The fraction of sp³-hybridized carbons (Fsp3) is 0.429. The summed E-state index contributed by atoms with van der Waals surface area (Å²) in [5.41, 5.74) is 6.61. The topological polar surface area (TPSA) is 79.5 Å². The maximum Gasteiger partial charge on any atom is 0.241 e. The van der Waals surface area contributed by atoms with Crippen molar-refractivity contribution in [2.75, 3.05) is 13.1 Å². The Morgan fingerprint density at radius 1 is 1.41 bits per heavy atom. The number of nitrogens with zero attached hydrogens (tertiary/aromatic N) is 1. The second-order valence-corrected chi connectivity index (χ2v) is 5.43. The quantitative estimate of drug-likeness (QED) is 0.348. The van der Waals surface area contributed by atoms with Crippen LogP contribution in [0.15, 0.2) is 23.2 Å². The van der Waals surface area contributed by atoms with Crippen molar-refractivity contribution in [3.05, 3.63) is 33.8 Å². The molecule has 1 unspecified atom stereocenters. The van der Waals surface area contributed by atoms with Crippen LogP contribution in [0.5, 0.6) is 0 Å². The average molecular weight is 459 g/mol. The van der Waals surface area contributed by atoms with Gasteiger partial charge in [-0.25, -0.2) is 4.99 Å². The van der Waals surface area contributed by atoms with Gasteiger partial charge >= 0.3 is 0 Å². The van der Waals surface area contributed by atoms with Gasteiger partial charge in [0.15, 0.2) is 5.96 Å². The van der Waals surface area contributed by atoms with E-state index in [4.69, 9.17) is 28.9 Å². The van der Waals surface area contributed by atoms with Crippen LogP contribution in [0.2, 0.25) is 10.0 Å². The molecule has 0 fully saturated rings. The van der Waals surface area contributed by atoms with Crippen LogP contribution in [0.1, 0.15) is 31.9 Å². The van der Waals surface area contributed by atoms with Crippen LogP contribution in [0.3, 0.4) is 0 Å². The Kier molecular flexibility index (Phi) is 10.5. The van der Waals surface area contributed by atoms with Crippen molar-refractivity contribution in [1.82, 2.24) is 10.6 Å². The summed E-state index contributed by atoms with van der Waals surface area (Å²) in [6.45, 7) is 4.52. The van der Waals surface area contributed by atoms with Crippen molar-refractivity contribution in [2.45, 2.75) is 26.3 Å². The number of nitrogens with two attached hydrogens (primary N) is 1. The summed E-state index contributed by atoms with van der Waals surface area (Å²) in [6, 6.07) is 5.11. The molecule has 0 aromatic heterocycles. The lowest BCUT2D eigenvalue weighted by atomic mass is 10.1. The third kappa shape index (κ3) is 7.51. The lowest BCUT2D eigenvalue weighted by molar-refractivity contribution is -0.119. The number of carbonyl (C=O) groups is 1. The van der Waals surface area contributed by atoms with Crippen molar-refractivity contribution >= 4 is 59.0 Å². The number of nitrogens with one attached hydrogen (secondary N) is 2. The molecule has 1 rings (SSSR count). The zero-order valence-corrected chi connectivity index (χ0v) is 16.4. The molecule has 4 N–H and O–H groups in total. The van der Waals surface area contributed by atoms with Crippen LogP contribution in [0.4, 0.5) is 0 Å². The summed E-state index contributed by atoms with van der Waals surface area (Å²) >= 11 is 12.0. The maximum absolute atomic E-state index is 11.4. The van der Waals surface area contributed by atoms with E-state index in [2.05, 4.69) is 15.6 Å². The zero-order chi connectivity index (χ0) is 15.8. The molecule has 0 aliphatic carbocycles. The van der Waals surface area contributed by atoms with Gasteiger partial charge in [0.2, 0.25) is 5.91 Å². The molecule has 1 aromatic rings. The zero-order valence-electron chi connectivity index (χ0n) is 12.5. The number of carbonyl (C=O) groups excluding carboxylic acids is 1. The molecule has 8 heteroatoms. The molecular weight excluding hydrogens is 438 g/mol. The number of rotatable bonds is 6. The first-order valence-corrected chi connectivity index (χ1v) is 7.47. The molecule has 0 spiro atoms. The highest BCUT2D eigenvalue weighted by Gasteiger charge is 2.10. The second kappa shape index (κ2) is 10.9. The highest BCUT2D eigenvalue weighted by Crippen LogP contribution is 2.25. The first-order chi connectivity index (χ1) is 9.93. The van der Waals surface area contributed by atoms with Crippen LogP contribution in [-0.2, 0) is 4.79 Å². The number of aliphatic imine (C=N–C) groups is 1. The Balaban J connectivity index is 0.00000441. The Bertz CT molecular complexity index is 526. The van der Waals surface area contributed by atoms with Crippen LogP contribution in [-0.4, -0.2) is 25.0 Å². The van der Waals surface area contributed by atoms with Gasteiger partial charge < -0.3 is 16.4 Å². The molecule has 22 heavy (non-hydrogen) atoms. The Morgan fingerprint density at radius 3 is 2.68 bits per heavy atom. The first-order valence-electron chi connectivity index (χ1n) is 6.72. The summed E-state index contributed by atoms with van der Waals surface area (Å²) in [5, 5.41) is 6.84. The van der Waals surface area contributed by atoms with Crippen molar-refractivity contribution in [1.29, 1.82) is 0 Å². The van der Waals surface area contributed by atoms with E-state index in [1.165, 1.54) is 0 Å². The Labute approximate surface area is 158 Å². The van der Waals surface area contributed by atoms with Crippen LogP contribution >= 0.6 is 47.2 Å². The molecule has 0 heterocycles. The standard InChI is InChI=1S/C14H20Cl2N4O.HI/c1-3-6-18-13(21)8-19-14(17)20-9(2)11-5-4-10(15)7-12(11)16;/h4-5,7,9H,3,6,8H2,1-2H3,(H,18,21)(H3,17,19,20);1H. The van der Waals surface area contributed by atoms with Gasteiger partial charge in [-0.15, -0.1) is 24.0 Å². The number of guanidine groups is 1. The van der Waals surface area contributed by atoms with Crippen molar-refractivity contribution in [3.63, 3.8) is 0 Å². The van der Waals surface area contributed by atoms with Gasteiger partial charge in [-0.3, -0.25) is 4.79 Å². The molecule has 0 radical (unpaired) electrons.